The summed E-state index contributed by atoms with van der Waals surface area (Å²) in [6.45, 7) is 8.63. The van der Waals surface area contributed by atoms with Crippen LogP contribution in [0.25, 0.3) is 0 Å². The molecule has 0 bridgehead atoms. The van der Waals surface area contributed by atoms with Gasteiger partial charge in [-0.15, -0.1) is 0 Å². The van der Waals surface area contributed by atoms with Gasteiger partial charge < -0.3 is 20.4 Å². The summed E-state index contributed by atoms with van der Waals surface area (Å²) in [6.07, 6.45) is 1.85. The molecule has 2 aromatic rings. The number of likely N-dealkylation sites (N-methyl/N-ethyl adjacent to an activating group) is 1. The number of piperazine rings is 1. The number of nitrogens with zero attached hydrogens (tertiary/aromatic N) is 3. The maximum atomic E-state index is 12.2. The molecule has 1 aromatic heterocycles. The summed E-state index contributed by atoms with van der Waals surface area (Å²) in [5, 5.41) is 5.90. The van der Waals surface area contributed by atoms with Gasteiger partial charge in [0.15, 0.2) is 0 Å². The third-order valence-electron chi connectivity index (χ3n) is 5.09. The predicted octanol–water partition coefficient (Wildman–Crippen LogP) is 2.70. The van der Waals surface area contributed by atoms with E-state index in [1.807, 2.05) is 43.5 Å². The van der Waals surface area contributed by atoms with Crippen molar-refractivity contribution in [3.63, 3.8) is 0 Å². The molecule has 1 unspecified atom stereocenters. The fourth-order valence-electron chi connectivity index (χ4n) is 3.32. The number of carbonyl (C=O) groups is 1. The van der Waals surface area contributed by atoms with Crippen LogP contribution in [-0.4, -0.2) is 49.1 Å². The summed E-state index contributed by atoms with van der Waals surface area (Å²) in [7, 11) is 2.14. The first-order valence-electron chi connectivity index (χ1n) is 9.51. The van der Waals surface area contributed by atoms with Crippen molar-refractivity contribution in [2.24, 2.45) is 0 Å². The van der Waals surface area contributed by atoms with Crippen molar-refractivity contribution in [2.75, 3.05) is 38.1 Å². The van der Waals surface area contributed by atoms with Crippen LogP contribution < -0.4 is 15.5 Å². The van der Waals surface area contributed by atoms with Gasteiger partial charge in [0, 0.05) is 38.9 Å². The van der Waals surface area contributed by atoms with Crippen LogP contribution in [0.2, 0.25) is 0 Å². The lowest BCUT2D eigenvalue weighted by Crippen LogP contribution is -2.44. The minimum absolute atomic E-state index is 0.0380. The molecule has 6 nitrogen and oxygen atoms in total. The standard InChI is InChI=1S/C21H29N5O/c1-16-6-4-5-7-19(16)17(2)24-21(27)23-15-18-8-9-20(22-14-18)26-12-10-25(3)11-13-26/h4-9,14,17H,10-13,15H2,1-3H3,(H2,23,24,27). The third-order valence-corrected chi connectivity index (χ3v) is 5.09. The number of aromatic nitrogens is 1. The number of urea groups is 1. The average Bonchev–Trinajstić information content (AvgIpc) is 2.68. The van der Waals surface area contributed by atoms with Crippen molar-refractivity contribution in [1.29, 1.82) is 0 Å². The molecule has 0 radical (unpaired) electrons. The van der Waals surface area contributed by atoms with Gasteiger partial charge in [0.1, 0.15) is 5.82 Å². The first kappa shape index (κ1) is 19.2. The van der Waals surface area contributed by atoms with E-state index in [0.717, 1.165) is 43.1 Å². The zero-order chi connectivity index (χ0) is 19.2. The van der Waals surface area contributed by atoms with Gasteiger partial charge in [0.25, 0.3) is 0 Å². The Morgan fingerprint density at radius 3 is 2.56 bits per heavy atom. The van der Waals surface area contributed by atoms with Crippen molar-refractivity contribution < 1.29 is 4.79 Å². The van der Waals surface area contributed by atoms with Crippen molar-refractivity contribution in [1.82, 2.24) is 20.5 Å². The predicted molar refractivity (Wildman–Crippen MR) is 109 cm³/mol. The zero-order valence-corrected chi connectivity index (χ0v) is 16.4. The smallest absolute Gasteiger partial charge is 0.315 e. The van der Waals surface area contributed by atoms with Crippen molar-refractivity contribution in [3.8, 4) is 0 Å². The van der Waals surface area contributed by atoms with E-state index in [-0.39, 0.29) is 12.1 Å². The highest BCUT2D eigenvalue weighted by Crippen LogP contribution is 2.16. The van der Waals surface area contributed by atoms with Crippen molar-refractivity contribution in [2.45, 2.75) is 26.4 Å². The zero-order valence-electron chi connectivity index (χ0n) is 16.4. The fraction of sp³-hybridized carbons (Fsp3) is 0.429. The van der Waals surface area contributed by atoms with E-state index in [1.54, 1.807) is 0 Å². The van der Waals surface area contributed by atoms with Gasteiger partial charge in [0.2, 0.25) is 0 Å². The third kappa shape index (κ3) is 5.20. The topological polar surface area (TPSA) is 60.5 Å². The molecule has 144 valence electrons. The van der Waals surface area contributed by atoms with Gasteiger partial charge in [-0.05, 0) is 43.7 Å². The molecule has 1 aromatic carbocycles. The summed E-state index contributed by atoms with van der Waals surface area (Å²) in [6, 6.07) is 12.0. The quantitative estimate of drug-likeness (QED) is 0.853. The average molecular weight is 367 g/mol. The Labute approximate surface area is 161 Å². The molecule has 0 saturated carbocycles. The molecule has 0 spiro atoms. The van der Waals surface area contributed by atoms with Gasteiger partial charge >= 0.3 is 6.03 Å². The van der Waals surface area contributed by atoms with Gasteiger partial charge in [-0.2, -0.15) is 0 Å². The lowest BCUT2D eigenvalue weighted by atomic mass is 10.0. The number of pyridine rings is 1. The summed E-state index contributed by atoms with van der Waals surface area (Å²) in [5.41, 5.74) is 3.30. The van der Waals surface area contributed by atoms with Crippen LogP contribution in [0.5, 0.6) is 0 Å². The number of benzene rings is 1. The highest BCUT2D eigenvalue weighted by atomic mass is 16.2. The SMILES string of the molecule is Cc1ccccc1C(C)NC(=O)NCc1ccc(N2CCN(C)CC2)nc1. The molecule has 0 aliphatic carbocycles. The van der Waals surface area contributed by atoms with E-state index >= 15 is 0 Å². The number of nitrogens with one attached hydrogen (secondary N) is 2. The molecule has 2 heterocycles. The fourth-order valence-corrected chi connectivity index (χ4v) is 3.32. The first-order chi connectivity index (χ1) is 13.0. The van der Waals surface area contributed by atoms with E-state index in [0.29, 0.717) is 6.54 Å². The van der Waals surface area contributed by atoms with E-state index in [4.69, 9.17) is 0 Å². The number of hydrogen-bond donors (Lipinski definition) is 2. The van der Waals surface area contributed by atoms with Gasteiger partial charge in [-0.1, -0.05) is 30.3 Å². The highest BCUT2D eigenvalue weighted by molar-refractivity contribution is 5.74. The molecule has 1 saturated heterocycles. The minimum atomic E-state index is -0.172. The molecule has 3 rings (SSSR count). The number of aryl methyl sites for hydroxylation is 1. The highest BCUT2D eigenvalue weighted by Gasteiger charge is 2.15. The van der Waals surface area contributed by atoms with Gasteiger partial charge in [-0.3, -0.25) is 0 Å². The lowest BCUT2D eigenvalue weighted by Gasteiger charge is -2.33. The van der Waals surface area contributed by atoms with Crippen LogP contribution >= 0.6 is 0 Å². The molecule has 1 atom stereocenters. The second-order valence-electron chi connectivity index (χ2n) is 7.22. The first-order valence-corrected chi connectivity index (χ1v) is 9.51. The Morgan fingerprint density at radius 2 is 1.89 bits per heavy atom. The summed E-state index contributed by atoms with van der Waals surface area (Å²) in [4.78, 5) is 21.4. The summed E-state index contributed by atoms with van der Waals surface area (Å²) in [5.74, 6) is 1.00. The maximum absolute atomic E-state index is 12.2. The second kappa shape index (κ2) is 8.86. The maximum Gasteiger partial charge on any atom is 0.315 e. The monoisotopic (exact) mass is 367 g/mol. The van der Waals surface area contributed by atoms with Crippen molar-refractivity contribution in [3.05, 3.63) is 59.3 Å². The summed E-state index contributed by atoms with van der Waals surface area (Å²) < 4.78 is 0. The number of anilines is 1. The Bertz CT molecular complexity index is 753. The van der Waals surface area contributed by atoms with Gasteiger partial charge in [-0.25, -0.2) is 9.78 Å². The molecule has 6 heteroatoms. The number of amides is 2. The van der Waals surface area contributed by atoms with E-state index in [9.17, 15) is 4.79 Å². The van der Waals surface area contributed by atoms with Crippen LogP contribution in [0.3, 0.4) is 0 Å². The molecule has 1 aliphatic heterocycles. The molecule has 27 heavy (non-hydrogen) atoms. The largest absolute Gasteiger partial charge is 0.354 e. The summed E-state index contributed by atoms with van der Waals surface area (Å²) >= 11 is 0. The molecular formula is C21H29N5O. The molecule has 1 fully saturated rings. The normalized spacial score (nSPS) is 16.0. The van der Waals surface area contributed by atoms with E-state index in [1.165, 1.54) is 5.56 Å². The van der Waals surface area contributed by atoms with Crippen LogP contribution in [0.15, 0.2) is 42.6 Å². The number of carbonyl (C=O) groups excluding carboxylic acids is 1. The number of rotatable bonds is 5. The molecule has 2 N–H and O–H groups in total. The van der Waals surface area contributed by atoms with E-state index in [2.05, 4.69) is 45.5 Å². The Morgan fingerprint density at radius 1 is 1.15 bits per heavy atom. The van der Waals surface area contributed by atoms with Crippen LogP contribution in [0.1, 0.15) is 29.7 Å². The van der Waals surface area contributed by atoms with Gasteiger partial charge in [0.05, 0.1) is 6.04 Å². The van der Waals surface area contributed by atoms with E-state index < -0.39 is 0 Å². The lowest BCUT2D eigenvalue weighted by molar-refractivity contribution is 0.237. The Hall–Kier alpha value is -2.60. The minimum Gasteiger partial charge on any atom is -0.354 e. The Kier molecular flexibility index (Phi) is 6.29. The second-order valence-corrected chi connectivity index (χ2v) is 7.22. The Balaban J connectivity index is 1.48. The van der Waals surface area contributed by atoms with Crippen LogP contribution in [-0.2, 0) is 6.54 Å². The van der Waals surface area contributed by atoms with Crippen molar-refractivity contribution >= 4 is 11.8 Å². The molecule has 1 aliphatic rings. The number of hydrogen-bond acceptors (Lipinski definition) is 4. The van der Waals surface area contributed by atoms with Crippen LogP contribution in [0, 0.1) is 6.92 Å². The van der Waals surface area contributed by atoms with Crippen LogP contribution in [0.4, 0.5) is 10.6 Å². The molecule has 2 amide bonds. The molecular weight excluding hydrogens is 338 g/mol.